The highest BCUT2D eigenvalue weighted by Gasteiger charge is 2.23. The number of anilines is 1. The second-order valence-electron chi connectivity index (χ2n) is 5.04. The molecule has 0 unspecified atom stereocenters. The lowest BCUT2D eigenvalue weighted by molar-refractivity contribution is -0.130. The Morgan fingerprint density at radius 2 is 2.14 bits per heavy atom. The van der Waals surface area contributed by atoms with E-state index in [4.69, 9.17) is 0 Å². The molecule has 116 valence electrons. The van der Waals surface area contributed by atoms with E-state index in [9.17, 15) is 4.79 Å². The van der Waals surface area contributed by atoms with Gasteiger partial charge in [-0.25, -0.2) is 0 Å². The summed E-state index contributed by atoms with van der Waals surface area (Å²) in [7, 11) is 0. The lowest BCUT2D eigenvalue weighted by atomic mass is 10.2. The molecule has 0 aromatic carbocycles. The summed E-state index contributed by atoms with van der Waals surface area (Å²) in [5.41, 5.74) is 0. The first-order valence-corrected chi connectivity index (χ1v) is 9.04. The molecule has 1 amide bonds. The lowest BCUT2D eigenvalue weighted by Crippen LogP contribution is -2.37. The minimum atomic E-state index is -0.108. The van der Waals surface area contributed by atoms with Crippen LogP contribution in [0.5, 0.6) is 0 Å². The first-order valence-electron chi connectivity index (χ1n) is 7.34. The van der Waals surface area contributed by atoms with E-state index in [-0.39, 0.29) is 11.2 Å². The molecule has 7 heteroatoms. The van der Waals surface area contributed by atoms with Gasteiger partial charge in [0.15, 0.2) is 4.34 Å². The number of hydrogen-bond acceptors (Lipinski definition) is 6. The van der Waals surface area contributed by atoms with Crippen LogP contribution >= 0.6 is 23.1 Å². The van der Waals surface area contributed by atoms with Gasteiger partial charge in [-0.3, -0.25) is 4.79 Å². The highest BCUT2D eigenvalue weighted by molar-refractivity contribution is 8.02. The van der Waals surface area contributed by atoms with Gasteiger partial charge in [0.25, 0.3) is 0 Å². The monoisotopic (exact) mass is 326 g/mol. The SMILES string of the molecule is C=CCNc1nnc(S[C@H](C)C(=O)N2CCCCCC2)s1. The highest BCUT2D eigenvalue weighted by atomic mass is 32.2. The summed E-state index contributed by atoms with van der Waals surface area (Å²) in [6.45, 7) is 8.06. The van der Waals surface area contributed by atoms with Gasteiger partial charge in [0, 0.05) is 19.6 Å². The maximum Gasteiger partial charge on any atom is 0.235 e. The van der Waals surface area contributed by atoms with Crippen molar-refractivity contribution in [3.05, 3.63) is 12.7 Å². The standard InChI is InChI=1S/C14H22N4OS2/c1-3-8-15-13-16-17-14(21-13)20-11(2)12(19)18-9-6-4-5-7-10-18/h3,11H,1,4-10H2,2H3,(H,15,16)/t11-/m1/s1. The molecule has 0 bridgehead atoms. The number of carbonyl (C=O) groups excluding carboxylic acids is 1. The summed E-state index contributed by atoms with van der Waals surface area (Å²) >= 11 is 2.97. The third kappa shape index (κ3) is 5.00. The predicted molar refractivity (Wildman–Crippen MR) is 89.0 cm³/mol. The topological polar surface area (TPSA) is 58.1 Å². The number of rotatable bonds is 6. The van der Waals surface area contributed by atoms with Crippen LogP contribution in [0.3, 0.4) is 0 Å². The normalized spacial score (nSPS) is 17.1. The van der Waals surface area contributed by atoms with Gasteiger partial charge in [-0.15, -0.1) is 16.8 Å². The second kappa shape index (κ2) is 8.38. The smallest absolute Gasteiger partial charge is 0.235 e. The van der Waals surface area contributed by atoms with Crippen LogP contribution in [0.25, 0.3) is 0 Å². The fourth-order valence-corrected chi connectivity index (χ4v) is 4.22. The van der Waals surface area contributed by atoms with Crippen molar-refractivity contribution < 1.29 is 4.79 Å². The highest BCUT2D eigenvalue weighted by Crippen LogP contribution is 2.30. The Hall–Kier alpha value is -1.08. The summed E-state index contributed by atoms with van der Waals surface area (Å²) < 4.78 is 0.831. The Kier molecular flexibility index (Phi) is 6.50. The Morgan fingerprint density at radius 3 is 2.81 bits per heavy atom. The van der Waals surface area contributed by atoms with Crippen molar-refractivity contribution in [2.45, 2.75) is 42.2 Å². The van der Waals surface area contributed by atoms with Gasteiger partial charge < -0.3 is 10.2 Å². The third-order valence-corrected chi connectivity index (χ3v) is 5.40. The number of nitrogens with zero attached hydrogens (tertiary/aromatic N) is 3. The first kappa shape index (κ1) is 16.3. The summed E-state index contributed by atoms with van der Waals surface area (Å²) in [4.78, 5) is 14.5. The Morgan fingerprint density at radius 1 is 1.43 bits per heavy atom. The zero-order chi connectivity index (χ0) is 15.1. The molecule has 21 heavy (non-hydrogen) atoms. The maximum atomic E-state index is 12.5. The number of nitrogens with one attached hydrogen (secondary N) is 1. The molecule has 1 saturated heterocycles. The number of aromatic nitrogens is 2. The fourth-order valence-electron chi connectivity index (χ4n) is 2.24. The Bertz CT molecular complexity index is 469. The Labute approximate surface area is 134 Å². The molecular weight excluding hydrogens is 304 g/mol. The quantitative estimate of drug-likeness (QED) is 0.643. The third-order valence-electron chi connectivity index (χ3n) is 3.35. The van der Waals surface area contributed by atoms with E-state index in [2.05, 4.69) is 22.1 Å². The van der Waals surface area contributed by atoms with E-state index in [0.717, 1.165) is 35.4 Å². The minimum Gasteiger partial charge on any atom is -0.357 e. The number of carbonyl (C=O) groups is 1. The van der Waals surface area contributed by atoms with Crippen LogP contribution < -0.4 is 5.32 Å². The molecule has 1 aromatic heterocycles. The van der Waals surface area contributed by atoms with E-state index < -0.39 is 0 Å². The Balaban J connectivity index is 1.87. The average Bonchev–Trinajstić information content (AvgIpc) is 2.75. The van der Waals surface area contributed by atoms with E-state index in [0.29, 0.717) is 6.54 Å². The van der Waals surface area contributed by atoms with Crippen molar-refractivity contribution in [2.75, 3.05) is 25.0 Å². The van der Waals surface area contributed by atoms with Crippen LogP contribution in [-0.4, -0.2) is 45.9 Å². The number of likely N-dealkylation sites (tertiary alicyclic amines) is 1. The number of thioether (sulfide) groups is 1. The molecule has 2 heterocycles. The lowest BCUT2D eigenvalue weighted by Gasteiger charge is -2.23. The molecule has 1 atom stereocenters. The minimum absolute atomic E-state index is 0.108. The summed E-state index contributed by atoms with van der Waals surface area (Å²) in [5, 5.41) is 11.9. The van der Waals surface area contributed by atoms with Gasteiger partial charge in [0.05, 0.1) is 5.25 Å². The first-order chi connectivity index (χ1) is 10.2. The molecular formula is C14H22N4OS2. The van der Waals surface area contributed by atoms with Crippen molar-refractivity contribution in [3.63, 3.8) is 0 Å². The fraction of sp³-hybridized carbons (Fsp3) is 0.643. The van der Waals surface area contributed by atoms with Gasteiger partial charge in [-0.1, -0.05) is 42.0 Å². The molecule has 1 fully saturated rings. The number of amides is 1. The molecule has 0 spiro atoms. The van der Waals surface area contributed by atoms with Crippen molar-refractivity contribution in [3.8, 4) is 0 Å². The van der Waals surface area contributed by atoms with E-state index in [1.54, 1.807) is 6.08 Å². The van der Waals surface area contributed by atoms with Gasteiger partial charge in [0.1, 0.15) is 0 Å². The molecule has 1 N–H and O–H groups in total. The summed E-state index contributed by atoms with van der Waals surface area (Å²) in [6, 6.07) is 0. The molecule has 0 aliphatic carbocycles. The van der Waals surface area contributed by atoms with Crippen LogP contribution in [0, 0.1) is 0 Å². The van der Waals surface area contributed by atoms with Gasteiger partial charge >= 0.3 is 0 Å². The molecule has 1 aromatic rings. The van der Waals surface area contributed by atoms with E-state index in [1.807, 2.05) is 11.8 Å². The summed E-state index contributed by atoms with van der Waals surface area (Å²) in [6.07, 6.45) is 6.49. The van der Waals surface area contributed by atoms with Gasteiger partial charge in [-0.2, -0.15) is 0 Å². The zero-order valence-electron chi connectivity index (χ0n) is 12.4. The predicted octanol–water partition coefficient (Wildman–Crippen LogP) is 3.02. The van der Waals surface area contributed by atoms with Crippen molar-refractivity contribution in [1.29, 1.82) is 0 Å². The molecule has 1 aliphatic heterocycles. The van der Waals surface area contributed by atoms with E-state index in [1.165, 1.54) is 35.9 Å². The van der Waals surface area contributed by atoms with Crippen LogP contribution in [0.4, 0.5) is 5.13 Å². The van der Waals surface area contributed by atoms with Gasteiger partial charge in [0.2, 0.25) is 11.0 Å². The molecule has 2 rings (SSSR count). The van der Waals surface area contributed by atoms with Crippen molar-refractivity contribution >= 4 is 34.1 Å². The van der Waals surface area contributed by atoms with Crippen molar-refractivity contribution in [2.24, 2.45) is 0 Å². The average molecular weight is 326 g/mol. The van der Waals surface area contributed by atoms with Crippen LogP contribution in [0.1, 0.15) is 32.6 Å². The maximum absolute atomic E-state index is 12.5. The largest absolute Gasteiger partial charge is 0.357 e. The molecule has 0 radical (unpaired) electrons. The van der Waals surface area contributed by atoms with E-state index >= 15 is 0 Å². The van der Waals surface area contributed by atoms with Crippen LogP contribution in [0.2, 0.25) is 0 Å². The van der Waals surface area contributed by atoms with Crippen LogP contribution in [-0.2, 0) is 4.79 Å². The van der Waals surface area contributed by atoms with Gasteiger partial charge in [-0.05, 0) is 19.8 Å². The zero-order valence-corrected chi connectivity index (χ0v) is 14.0. The molecule has 0 saturated carbocycles. The second-order valence-corrected chi connectivity index (χ2v) is 7.61. The van der Waals surface area contributed by atoms with Crippen LogP contribution in [0.15, 0.2) is 17.0 Å². The number of hydrogen-bond donors (Lipinski definition) is 1. The van der Waals surface area contributed by atoms with Crippen molar-refractivity contribution in [1.82, 2.24) is 15.1 Å². The summed E-state index contributed by atoms with van der Waals surface area (Å²) in [5.74, 6) is 0.220. The molecule has 5 nitrogen and oxygen atoms in total. The molecule has 1 aliphatic rings.